The van der Waals surface area contributed by atoms with Gasteiger partial charge in [-0.05, 0) is 49.1 Å². The monoisotopic (exact) mass is 284 g/mol. The molecule has 1 saturated heterocycles. The Kier molecular flexibility index (Phi) is 3.95. The first-order chi connectivity index (χ1) is 10.3. The van der Waals surface area contributed by atoms with Crippen molar-refractivity contribution in [2.24, 2.45) is 0 Å². The molecule has 0 radical (unpaired) electrons. The Hall–Kier alpha value is -2.23. The Morgan fingerprint density at radius 1 is 1.33 bits per heavy atom. The number of carbonyl (C=O) groups excluding carboxylic acids is 1. The van der Waals surface area contributed by atoms with Gasteiger partial charge in [0.2, 0.25) is 0 Å². The molecule has 0 spiro atoms. The summed E-state index contributed by atoms with van der Waals surface area (Å²) in [4.78, 5) is 14.3. The first-order valence-corrected chi connectivity index (χ1v) is 7.48. The van der Waals surface area contributed by atoms with Gasteiger partial charge in [0.25, 0.3) is 0 Å². The number of likely N-dealkylation sites (tertiary alicyclic amines) is 1. The third-order valence-corrected chi connectivity index (χ3v) is 4.00. The molecule has 1 atom stereocenters. The number of furan rings is 1. The number of amides is 2. The van der Waals surface area contributed by atoms with Gasteiger partial charge in [-0.1, -0.05) is 19.1 Å². The van der Waals surface area contributed by atoms with E-state index >= 15 is 0 Å². The first-order valence-electron chi connectivity index (χ1n) is 7.48. The third kappa shape index (κ3) is 2.94. The van der Waals surface area contributed by atoms with Gasteiger partial charge in [0.05, 0.1) is 12.3 Å². The van der Waals surface area contributed by atoms with Gasteiger partial charge in [-0.25, -0.2) is 4.79 Å². The van der Waals surface area contributed by atoms with E-state index in [1.807, 2.05) is 41.3 Å². The molecule has 2 amide bonds. The van der Waals surface area contributed by atoms with Gasteiger partial charge in [0, 0.05) is 12.2 Å². The van der Waals surface area contributed by atoms with Crippen LogP contribution < -0.4 is 5.32 Å². The molecular weight excluding hydrogens is 264 g/mol. The quantitative estimate of drug-likeness (QED) is 0.917. The number of nitrogens with one attached hydrogen (secondary N) is 1. The lowest BCUT2D eigenvalue weighted by Gasteiger charge is -2.23. The maximum Gasteiger partial charge on any atom is 0.322 e. The summed E-state index contributed by atoms with van der Waals surface area (Å²) in [6.07, 6.45) is 4.62. The Labute approximate surface area is 124 Å². The van der Waals surface area contributed by atoms with Crippen LogP contribution in [0.4, 0.5) is 10.5 Å². The van der Waals surface area contributed by atoms with Crippen LogP contribution in [0.3, 0.4) is 0 Å². The molecular formula is C17H20N2O2. The number of aryl methyl sites for hydroxylation is 1. The third-order valence-electron chi connectivity index (χ3n) is 4.00. The van der Waals surface area contributed by atoms with Crippen LogP contribution >= 0.6 is 0 Å². The zero-order chi connectivity index (χ0) is 14.7. The van der Waals surface area contributed by atoms with Gasteiger partial charge in [-0.3, -0.25) is 0 Å². The summed E-state index contributed by atoms with van der Waals surface area (Å²) in [5, 5.41) is 2.97. The van der Waals surface area contributed by atoms with Gasteiger partial charge in [-0.2, -0.15) is 0 Å². The summed E-state index contributed by atoms with van der Waals surface area (Å²) in [6.45, 7) is 2.88. The number of hydrogen-bond donors (Lipinski definition) is 1. The van der Waals surface area contributed by atoms with Crippen LogP contribution in [0.5, 0.6) is 0 Å². The van der Waals surface area contributed by atoms with Crippen LogP contribution in [0.25, 0.3) is 0 Å². The molecule has 0 aliphatic carbocycles. The van der Waals surface area contributed by atoms with Crippen LogP contribution in [0.1, 0.15) is 37.1 Å². The molecule has 2 heterocycles. The Morgan fingerprint density at radius 2 is 2.14 bits per heavy atom. The van der Waals surface area contributed by atoms with E-state index in [1.165, 1.54) is 5.56 Å². The summed E-state index contributed by atoms with van der Waals surface area (Å²) < 4.78 is 5.46. The Bertz CT molecular complexity index is 590. The van der Waals surface area contributed by atoms with Crippen molar-refractivity contribution >= 4 is 11.7 Å². The highest BCUT2D eigenvalue weighted by molar-refractivity contribution is 5.89. The zero-order valence-corrected chi connectivity index (χ0v) is 12.2. The van der Waals surface area contributed by atoms with E-state index in [2.05, 4.69) is 12.2 Å². The van der Waals surface area contributed by atoms with Crippen molar-refractivity contribution in [1.82, 2.24) is 4.90 Å². The Morgan fingerprint density at radius 3 is 2.81 bits per heavy atom. The molecule has 1 aromatic heterocycles. The normalized spacial score (nSPS) is 18.0. The highest BCUT2D eigenvalue weighted by Gasteiger charge is 2.31. The smallest absolute Gasteiger partial charge is 0.322 e. The van der Waals surface area contributed by atoms with Crippen molar-refractivity contribution in [3.8, 4) is 0 Å². The van der Waals surface area contributed by atoms with Crippen molar-refractivity contribution in [3.05, 3.63) is 54.0 Å². The first kappa shape index (κ1) is 13.7. The zero-order valence-electron chi connectivity index (χ0n) is 12.2. The number of carbonyl (C=O) groups is 1. The second-order valence-corrected chi connectivity index (χ2v) is 5.35. The molecule has 1 unspecified atom stereocenters. The summed E-state index contributed by atoms with van der Waals surface area (Å²) in [7, 11) is 0. The van der Waals surface area contributed by atoms with Gasteiger partial charge in [-0.15, -0.1) is 0 Å². The average molecular weight is 284 g/mol. The lowest BCUT2D eigenvalue weighted by Crippen LogP contribution is -2.34. The van der Waals surface area contributed by atoms with E-state index in [0.717, 1.165) is 37.3 Å². The number of benzene rings is 1. The molecule has 1 aliphatic rings. The number of anilines is 1. The van der Waals surface area contributed by atoms with Crippen molar-refractivity contribution in [2.75, 3.05) is 11.9 Å². The lowest BCUT2D eigenvalue weighted by atomic mass is 10.1. The molecule has 110 valence electrons. The van der Waals surface area contributed by atoms with Crippen LogP contribution in [-0.4, -0.2) is 17.5 Å². The SMILES string of the molecule is CCc1ccc(NC(=O)N2CCCC2c2ccco2)cc1. The van der Waals surface area contributed by atoms with E-state index < -0.39 is 0 Å². The average Bonchev–Trinajstić information content (AvgIpc) is 3.18. The maximum absolute atomic E-state index is 12.4. The van der Waals surface area contributed by atoms with Crippen molar-refractivity contribution < 1.29 is 9.21 Å². The summed E-state index contributed by atoms with van der Waals surface area (Å²) in [5.41, 5.74) is 2.10. The number of urea groups is 1. The molecule has 4 nitrogen and oxygen atoms in total. The second kappa shape index (κ2) is 6.04. The molecule has 4 heteroatoms. The van der Waals surface area contributed by atoms with Crippen molar-refractivity contribution in [3.63, 3.8) is 0 Å². The number of rotatable bonds is 3. The minimum absolute atomic E-state index is 0.0508. The molecule has 0 saturated carbocycles. The summed E-state index contributed by atoms with van der Waals surface area (Å²) >= 11 is 0. The fraction of sp³-hybridized carbons (Fsp3) is 0.353. The molecule has 1 aromatic carbocycles. The van der Waals surface area contributed by atoms with Crippen molar-refractivity contribution in [1.29, 1.82) is 0 Å². The van der Waals surface area contributed by atoms with Gasteiger partial charge < -0.3 is 14.6 Å². The number of nitrogens with zero attached hydrogens (tertiary/aromatic N) is 1. The van der Waals surface area contributed by atoms with Crippen LogP contribution in [0, 0.1) is 0 Å². The van der Waals surface area contributed by atoms with Crippen LogP contribution in [0.15, 0.2) is 47.1 Å². The molecule has 0 bridgehead atoms. The molecule has 1 N–H and O–H groups in total. The highest BCUT2D eigenvalue weighted by atomic mass is 16.3. The van der Waals surface area contributed by atoms with E-state index in [9.17, 15) is 4.79 Å². The largest absolute Gasteiger partial charge is 0.467 e. The Balaban J connectivity index is 1.69. The topological polar surface area (TPSA) is 45.5 Å². The maximum atomic E-state index is 12.4. The molecule has 1 aliphatic heterocycles. The minimum atomic E-state index is -0.0573. The van der Waals surface area contributed by atoms with E-state index in [0.29, 0.717) is 0 Å². The highest BCUT2D eigenvalue weighted by Crippen LogP contribution is 2.32. The standard InChI is InChI=1S/C17H20N2O2/c1-2-13-7-9-14(10-8-13)18-17(20)19-11-3-5-15(19)16-6-4-12-21-16/h4,6-10,12,15H,2-3,5,11H2,1H3,(H,18,20). The van der Waals surface area contributed by atoms with Gasteiger partial charge >= 0.3 is 6.03 Å². The van der Waals surface area contributed by atoms with Crippen LogP contribution in [0.2, 0.25) is 0 Å². The van der Waals surface area contributed by atoms with E-state index in [4.69, 9.17) is 4.42 Å². The second-order valence-electron chi connectivity index (χ2n) is 5.35. The van der Waals surface area contributed by atoms with Gasteiger partial charge in [0.15, 0.2) is 0 Å². The predicted octanol–water partition coefficient (Wildman–Crippen LogP) is 4.21. The van der Waals surface area contributed by atoms with E-state index in [-0.39, 0.29) is 12.1 Å². The summed E-state index contributed by atoms with van der Waals surface area (Å²) in [6, 6.07) is 11.8. The molecule has 3 rings (SSSR count). The van der Waals surface area contributed by atoms with Crippen molar-refractivity contribution in [2.45, 2.75) is 32.2 Å². The fourth-order valence-electron chi connectivity index (χ4n) is 2.81. The molecule has 2 aromatic rings. The van der Waals surface area contributed by atoms with Gasteiger partial charge in [0.1, 0.15) is 5.76 Å². The lowest BCUT2D eigenvalue weighted by molar-refractivity contribution is 0.200. The van der Waals surface area contributed by atoms with E-state index in [1.54, 1.807) is 6.26 Å². The predicted molar refractivity (Wildman–Crippen MR) is 82.2 cm³/mol. The fourth-order valence-corrected chi connectivity index (χ4v) is 2.81. The molecule has 1 fully saturated rings. The molecule has 21 heavy (non-hydrogen) atoms. The van der Waals surface area contributed by atoms with Crippen LogP contribution in [-0.2, 0) is 6.42 Å². The summed E-state index contributed by atoms with van der Waals surface area (Å²) in [5.74, 6) is 0.865. The minimum Gasteiger partial charge on any atom is -0.467 e. The number of hydrogen-bond acceptors (Lipinski definition) is 2.